The van der Waals surface area contributed by atoms with E-state index in [1.807, 2.05) is 42.7 Å². The zero-order valence-corrected chi connectivity index (χ0v) is 20.2. The van der Waals surface area contributed by atoms with Crippen LogP contribution in [0.25, 0.3) is 5.69 Å². The maximum absolute atomic E-state index is 12.8. The van der Waals surface area contributed by atoms with Crippen molar-refractivity contribution in [2.45, 2.75) is 13.8 Å². The number of benzene rings is 2. The number of carbonyl (C=O) groups is 2. The maximum Gasteiger partial charge on any atom is 0.239 e. The van der Waals surface area contributed by atoms with Gasteiger partial charge in [0, 0.05) is 11.4 Å². The number of amides is 2. The monoisotopic (exact) mass is 479 g/mol. The molecule has 0 aliphatic rings. The quantitative estimate of drug-likeness (QED) is 0.506. The van der Waals surface area contributed by atoms with Crippen LogP contribution in [0.4, 0.5) is 11.5 Å². The van der Waals surface area contributed by atoms with Crippen molar-refractivity contribution in [1.29, 1.82) is 5.26 Å². The predicted octanol–water partition coefficient (Wildman–Crippen LogP) is 4.14. The summed E-state index contributed by atoms with van der Waals surface area (Å²) in [6.07, 6.45) is 0. The first-order valence-electron chi connectivity index (χ1n) is 10.5. The van der Waals surface area contributed by atoms with Crippen LogP contribution in [0.3, 0.4) is 0 Å². The third-order valence-electron chi connectivity index (χ3n) is 5.39. The fraction of sp³-hybridized carbons (Fsp3) is 0.240. The Bertz CT molecular complexity index is 1240. The number of hydrogen-bond donors (Lipinski definition) is 2. The topological polar surface area (TPSA) is 99.4 Å². The SMILES string of the molecule is COc1ccc(-n2c(C)c(C)c(C#N)c2NC(=O)CN(C)CC(=O)Nc2ccccc2Cl)cc1. The van der Waals surface area contributed by atoms with Crippen molar-refractivity contribution in [3.63, 3.8) is 0 Å². The minimum Gasteiger partial charge on any atom is -0.497 e. The van der Waals surface area contributed by atoms with Crippen LogP contribution in [0.15, 0.2) is 48.5 Å². The van der Waals surface area contributed by atoms with Crippen molar-refractivity contribution in [3.8, 4) is 17.5 Å². The number of aromatic nitrogens is 1. The van der Waals surface area contributed by atoms with Crippen LogP contribution in [0.5, 0.6) is 5.75 Å². The highest BCUT2D eigenvalue weighted by molar-refractivity contribution is 6.33. The summed E-state index contributed by atoms with van der Waals surface area (Å²) in [7, 11) is 3.25. The molecule has 2 amide bonds. The molecule has 0 aliphatic heterocycles. The fourth-order valence-electron chi connectivity index (χ4n) is 3.59. The third kappa shape index (κ3) is 5.57. The third-order valence-corrected chi connectivity index (χ3v) is 5.72. The van der Waals surface area contributed by atoms with Gasteiger partial charge in [-0.2, -0.15) is 5.26 Å². The molecule has 0 fully saturated rings. The molecule has 0 unspecified atom stereocenters. The first-order chi connectivity index (χ1) is 16.2. The van der Waals surface area contributed by atoms with E-state index in [0.717, 1.165) is 16.9 Å². The molecule has 1 aromatic heterocycles. The Labute approximate surface area is 203 Å². The van der Waals surface area contributed by atoms with E-state index in [9.17, 15) is 14.9 Å². The summed E-state index contributed by atoms with van der Waals surface area (Å²) in [5.74, 6) is 0.445. The number of likely N-dealkylation sites (N-methyl/N-ethyl adjacent to an activating group) is 1. The van der Waals surface area contributed by atoms with Crippen molar-refractivity contribution in [2.75, 3.05) is 37.9 Å². The average Bonchev–Trinajstić information content (AvgIpc) is 3.03. The van der Waals surface area contributed by atoms with Crippen molar-refractivity contribution >= 4 is 34.9 Å². The minimum atomic E-state index is -0.350. The number of carbonyl (C=O) groups excluding carboxylic acids is 2. The molecule has 0 radical (unpaired) electrons. The molecular formula is C25H26ClN5O3. The first kappa shape index (κ1) is 24.8. The van der Waals surface area contributed by atoms with E-state index in [2.05, 4.69) is 16.7 Å². The lowest BCUT2D eigenvalue weighted by Crippen LogP contribution is -2.36. The van der Waals surface area contributed by atoms with Gasteiger partial charge >= 0.3 is 0 Å². The van der Waals surface area contributed by atoms with Gasteiger partial charge in [-0.15, -0.1) is 0 Å². The second-order valence-electron chi connectivity index (χ2n) is 7.83. The van der Waals surface area contributed by atoms with Crippen LogP contribution in [-0.4, -0.2) is 48.5 Å². The Morgan fingerprint density at radius 2 is 1.68 bits per heavy atom. The van der Waals surface area contributed by atoms with E-state index in [4.69, 9.17) is 16.3 Å². The van der Waals surface area contributed by atoms with Crippen molar-refractivity contribution in [1.82, 2.24) is 9.47 Å². The molecule has 34 heavy (non-hydrogen) atoms. The lowest BCUT2D eigenvalue weighted by Gasteiger charge is -2.18. The molecule has 0 atom stereocenters. The molecule has 3 aromatic rings. The smallest absolute Gasteiger partial charge is 0.239 e. The molecule has 0 spiro atoms. The van der Waals surface area contributed by atoms with Gasteiger partial charge in [-0.3, -0.25) is 19.1 Å². The number of ether oxygens (including phenoxy) is 1. The Kier molecular flexibility index (Phi) is 7.95. The van der Waals surface area contributed by atoms with Gasteiger partial charge in [0.25, 0.3) is 0 Å². The van der Waals surface area contributed by atoms with E-state index in [-0.39, 0.29) is 24.9 Å². The number of rotatable bonds is 8. The number of nitrogens with zero attached hydrogens (tertiary/aromatic N) is 3. The number of hydrogen-bond acceptors (Lipinski definition) is 5. The zero-order valence-electron chi connectivity index (χ0n) is 19.5. The summed E-state index contributed by atoms with van der Waals surface area (Å²) in [6.45, 7) is 3.67. The van der Waals surface area contributed by atoms with Gasteiger partial charge in [-0.25, -0.2) is 0 Å². The van der Waals surface area contributed by atoms with Crippen LogP contribution in [0.2, 0.25) is 5.02 Å². The molecule has 3 rings (SSSR count). The van der Waals surface area contributed by atoms with Gasteiger partial charge in [0.1, 0.15) is 17.6 Å². The van der Waals surface area contributed by atoms with E-state index >= 15 is 0 Å². The number of nitriles is 1. The lowest BCUT2D eigenvalue weighted by atomic mass is 10.2. The summed E-state index contributed by atoms with van der Waals surface area (Å²) < 4.78 is 7.05. The number of methoxy groups -OCH3 is 1. The van der Waals surface area contributed by atoms with Gasteiger partial charge in [-0.05, 0) is 62.9 Å². The van der Waals surface area contributed by atoms with E-state index < -0.39 is 0 Å². The highest BCUT2D eigenvalue weighted by Crippen LogP contribution is 2.30. The largest absolute Gasteiger partial charge is 0.497 e. The van der Waals surface area contributed by atoms with Gasteiger partial charge in [-0.1, -0.05) is 23.7 Å². The molecule has 0 aliphatic carbocycles. The molecule has 9 heteroatoms. The maximum atomic E-state index is 12.8. The average molecular weight is 480 g/mol. The number of para-hydroxylation sites is 1. The van der Waals surface area contributed by atoms with Gasteiger partial charge < -0.3 is 15.4 Å². The van der Waals surface area contributed by atoms with E-state index in [0.29, 0.717) is 27.8 Å². The van der Waals surface area contributed by atoms with Crippen molar-refractivity contribution in [3.05, 3.63) is 70.4 Å². The molecule has 0 bridgehead atoms. The standard InChI is InChI=1S/C25H26ClN5O3/c1-16-17(2)31(18-9-11-19(34-4)12-10-18)25(20(16)13-27)29-24(33)15-30(3)14-23(32)28-22-8-6-5-7-21(22)26/h5-12H,14-15H2,1-4H3,(H,28,32)(H,29,33). The van der Waals surface area contributed by atoms with E-state index in [1.165, 1.54) is 0 Å². The number of halogens is 1. The Morgan fingerprint density at radius 3 is 2.26 bits per heavy atom. The molecular weight excluding hydrogens is 454 g/mol. The zero-order chi connectivity index (χ0) is 24.8. The summed E-state index contributed by atoms with van der Waals surface area (Å²) >= 11 is 6.08. The minimum absolute atomic E-state index is 0.0126. The second-order valence-corrected chi connectivity index (χ2v) is 8.23. The molecule has 8 nitrogen and oxygen atoms in total. The summed E-state index contributed by atoms with van der Waals surface area (Å²) in [6, 6.07) is 16.5. The van der Waals surface area contributed by atoms with Crippen LogP contribution in [0, 0.1) is 25.2 Å². The summed E-state index contributed by atoms with van der Waals surface area (Å²) in [5, 5.41) is 15.8. The summed E-state index contributed by atoms with van der Waals surface area (Å²) in [4.78, 5) is 26.8. The molecule has 176 valence electrons. The summed E-state index contributed by atoms with van der Waals surface area (Å²) in [5.41, 5.74) is 3.30. The second kappa shape index (κ2) is 10.9. The number of nitrogens with one attached hydrogen (secondary N) is 2. The highest BCUT2D eigenvalue weighted by Gasteiger charge is 2.21. The Hall–Kier alpha value is -3.80. The van der Waals surface area contributed by atoms with E-state index in [1.54, 1.807) is 43.3 Å². The van der Waals surface area contributed by atoms with Crippen LogP contribution >= 0.6 is 11.6 Å². The van der Waals surface area contributed by atoms with Crippen LogP contribution in [0.1, 0.15) is 16.8 Å². The Morgan fingerprint density at radius 1 is 1.06 bits per heavy atom. The molecule has 1 heterocycles. The Balaban J connectivity index is 1.73. The molecule has 2 N–H and O–H groups in total. The van der Waals surface area contributed by atoms with Gasteiger partial charge in [0.2, 0.25) is 11.8 Å². The number of anilines is 2. The van der Waals surface area contributed by atoms with Crippen LogP contribution in [-0.2, 0) is 9.59 Å². The lowest BCUT2D eigenvalue weighted by molar-refractivity contribution is -0.119. The normalized spacial score (nSPS) is 10.6. The first-order valence-corrected chi connectivity index (χ1v) is 10.9. The highest BCUT2D eigenvalue weighted by atomic mass is 35.5. The van der Waals surface area contributed by atoms with Crippen molar-refractivity contribution < 1.29 is 14.3 Å². The fourth-order valence-corrected chi connectivity index (χ4v) is 3.77. The predicted molar refractivity (Wildman–Crippen MR) is 133 cm³/mol. The molecule has 0 saturated carbocycles. The van der Waals surface area contributed by atoms with Crippen LogP contribution < -0.4 is 15.4 Å². The van der Waals surface area contributed by atoms with Gasteiger partial charge in [0.15, 0.2) is 0 Å². The molecule has 2 aromatic carbocycles. The van der Waals surface area contributed by atoms with Gasteiger partial charge in [0.05, 0.1) is 36.5 Å². The molecule has 0 saturated heterocycles. The van der Waals surface area contributed by atoms with Crippen molar-refractivity contribution in [2.24, 2.45) is 0 Å².